The highest BCUT2D eigenvalue weighted by Crippen LogP contribution is 2.45. The molecular formula is C18H25N3O. The minimum Gasteiger partial charge on any atom is -0.355 e. The minimum atomic E-state index is -0.0644. The zero-order valence-electron chi connectivity index (χ0n) is 13.9. The van der Waals surface area contributed by atoms with Gasteiger partial charge in [-0.1, -0.05) is 20.8 Å². The molecule has 1 fully saturated rings. The van der Waals surface area contributed by atoms with Crippen molar-refractivity contribution in [3.05, 3.63) is 29.6 Å². The van der Waals surface area contributed by atoms with Crippen LogP contribution in [0.2, 0.25) is 0 Å². The zero-order chi connectivity index (χ0) is 15.9. The second-order valence-electron chi connectivity index (χ2n) is 7.54. The first-order valence-corrected chi connectivity index (χ1v) is 8.10. The maximum atomic E-state index is 11.7. The van der Waals surface area contributed by atoms with Crippen LogP contribution in [0.4, 0.5) is 0 Å². The Morgan fingerprint density at radius 3 is 2.82 bits per heavy atom. The summed E-state index contributed by atoms with van der Waals surface area (Å²) in [7, 11) is 1.65. The van der Waals surface area contributed by atoms with Gasteiger partial charge in [0.15, 0.2) is 0 Å². The van der Waals surface area contributed by atoms with Gasteiger partial charge in [-0.2, -0.15) is 0 Å². The Morgan fingerprint density at radius 2 is 2.14 bits per heavy atom. The molecule has 0 bridgehead atoms. The average molecular weight is 299 g/mol. The summed E-state index contributed by atoms with van der Waals surface area (Å²) in [4.78, 5) is 20.0. The van der Waals surface area contributed by atoms with Gasteiger partial charge >= 0.3 is 0 Å². The van der Waals surface area contributed by atoms with Gasteiger partial charge in [0.05, 0.1) is 11.0 Å². The van der Waals surface area contributed by atoms with Crippen LogP contribution in [0.25, 0.3) is 11.0 Å². The van der Waals surface area contributed by atoms with Crippen LogP contribution < -0.4 is 5.32 Å². The number of aromatic nitrogens is 2. The number of aromatic amines is 1. The summed E-state index contributed by atoms with van der Waals surface area (Å²) < 4.78 is 0. The molecule has 2 atom stereocenters. The van der Waals surface area contributed by atoms with Crippen LogP contribution in [0.3, 0.4) is 0 Å². The monoisotopic (exact) mass is 299 g/mol. The standard InChI is InChI=1S/C18H25N3O/c1-11-7-13(10-18(2,3)9-11)16-20-14-6-5-12(17(22)19-4)8-15(14)21-16/h5-6,8,11,13H,7,9-10H2,1-4H3,(H,19,22)(H,20,21)/t11-,13-/m0/s1. The van der Waals surface area contributed by atoms with E-state index < -0.39 is 0 Å². The first-order valence-electron chi connectivity index (χ1n) is 8.10. The quantitative estimate of drug-likeness (QED) is 0.885. The van der Waals surface area contributed by atoms with Gasteiger partial charge in [0.1, 0.15) is 5.82 Å². The number of hydrogen-bond acceptors (Lipinski definition) is 2. The molecular weight excluding hydrogens is 274 g/mol. The molecule has 2 aromatic rings. The second-order valence-corrected chi connectivity index (χ2v) is 7.54. The van der Waals surface area contributed by atoms with Gasteiger partial charge in [-0.25, -0.2) is 4.98 Å². The van der Waals surface area contributed by atoms with Crippen molar-refractivity contribution in [3.8, 4) is 0 Å². The SMILES string of the molecule is CNC(=O)c1ccc2nc([C@H]3C[C@H](C)CC(C)(C)C3)[nH]c2c1. The first kappa shape index (κ1) is 15.1. The number of benzene rings is 1. The molecule has 4 heteroatoms. The lowest BCUT2D eigenvalue weighted by Crippen LogP contribution is -2.27. The van der Waals surface area contributed by atoms with Crippen LogP contribution in [-0.2, 0) is 0 Å². The van der Waals surface area contributed by atoms with E-state index in [0.717, 1.165) is 22.8 Å². The Bertz CT molecular complexity index is 701. The summed E-state index contributed by atoms with van der Waals surface area (Å²) in [6.45, 7) is 7.03. The molecule has 1 aromatic carbocycles. The van der Waals surface area contributed by atoms with Crippen molar-refractivity contribution < 1.29 is 4.79 Å². The zero-order valence-corrected chi connectivity index (χ0v) is 13.9. The van der Waals surface area contributed by atoms with Gasteiger partial charge < -0.3 is 10.3 Å². The second kappa shape index (κ2) is 5.41. The number of rotatable bonds is 2. The van der Waals surface area contributed by atoms with Crippen LogP contribution in [0.15, 0.2) is 18.2 Å². The number of carbonyl (C=O) groups is 1. The molecule has 118 valence electrons. The summed E-state index contributed by atoms with van der Waals surface area (Å²) >= 11 is 0. The third kappa shape index (κ3) is 2.87. The van der Waals surface area contributed by atoms with Crippen LogP contribution >= 0.6 is 0 Å². The first-order chi connectivity index (χ1) is 10.4. The molecule has 1 aromatic heterocycles. The summed E-state index contributed by atoms with van der Waals surface area (Å²) in [5.41, 5.74) is 2.93. The molecule has 1 aliphatic rings. The minimum absolute atomic E-state index is 0.0644. The Kier molecular flexibility index (Phi) is 3.71. The van der Waals surface area contributed by atoms with E-state index in [1.54, 1.807) is 7.05 Å². The fraction of sp³-hybridized carbons (Fsp3) is 0.556. The van der Waals surface area contributed by atoms with Gasteiger partial charge in [0.25, 0.3) is 5.91 Å². The number of amides is 1. The maximum Gasteiger partial charge on any atom is 0.251 e. The highest BCUT2D eigenvalue weighted by atomic mass is 16.1. The molecule has 0 unspecified atom stereocenters. The number of nitrogens with zero attached hydrogens (tertiary/aromatic N) is 1. The van der Waals surface area contributed by atoms with Crippen LogP contribution in [0.5, 0.6) is 0 Å². The molecule has 1 heterocycles. The van der Waals surface area contributed by atoms with Crippen molar-refractivity contribution in [2.24, 2.45) is 11.3 Å². The Hall–Kier alpha value is -1.84. The highest BCUT2D eigenvalue weighted by molar-refractivity contribution is 5.97. The number of carbonyl (C=O) groups excluding carboxylic acids is 1. The smallest absolute Gasteiger partial charge is 0.251 e. The largest absolute Gasteiger partial charge is 0.355 e. The molecule has 1 saturated carbocycles. The van der Waals surface area contributed by atoms with Crippen molar-refractivity contribution in [2.75, 3.05) is 7.05 Å². The number of hydrogen-bond donors (Lipinski definition) is 2. The Morgan fingerprint density at radius 1 is 1.36 bits per heavy atom. The van der Waals surface area contributed by atoms with E-state index in [1.165, 1.54) is 19.3 Å². The summed E-state index contributed by atoms with van der Waals surface area (Å²) in [6.07, 6.45) is 3.63. The van der Waals surface area contributed by atoms with E-state index in [9.17, 15) is 4.79 Å². The lowest BCUT2D eigenvalue weighted by molar-refractivity contribution is 0.0963. The predicted octanol–water partition coefficient (Wildman–Crippen LogP) is 3.85. The third-order valence-corrected chi connectivity index (χ3v) is 4.76. The van der Waals surface area contributed by atoms with Crippen LogP contribution in [-0.4, -0.2) is 22.9 Å². The number of fused-ring (bicyclic) bond motifs is 1. The van der Waals surface area contributed by atoms with Gasteiger partial charge in [-0.3, -0.25) is 4.79 Å². The van der Waals surface area contributed by atoms with Crippen molar-refractivity contribution in [1.82, 2.24) is 15.3 Å². The van der Waals surface area contributed by atoms with Gasteiger partial charge in [-0.15, -0.1) is 0 Å². The molecule has 1 amide bonds. The van der Waals surface area contributed by atoms with E-state index in [2.05, 4.69) is 31.1 Å². The lowest BCUT2D eigenvalue weighted by atomic mass is 9.68. The molecule has 0 radical (unpaired) electrons. The Labute approximate surface area is 131 Å². The van der Waals surface area contributed by atoms with Crippen LogP contribution in [0, 0.1) is 11.3 Å². The molecule has 1 aliphatic carbocycles. The predicted molar refractivity (Wildman–Crippen MR) is 89.0 cm³/mol. The normalized spacial score (nSPS) is 24.4. The van der Waals surface area contributed by atoms with Crippen molar-refractivity contribution >= 4 is 16.9 Å². The van der Waals surface area contributed by atoms with E-state index >= 15 is 0 Å². The number of H-pyrrole nitrogens is 1. The summed E-state index contributed by atoms with van der Waals surface area (Å²) in [5.74, 6) is 2.21. The topological polar surface area (TPSA) is 57.8 Å². The van der Waals surface area contributed by atoms with E-state index in [0.29, 0.717) is 16.9 Å². The van der Waals surface area contributed by atoms with E-state index in [1.807, 2.05) is 18.2 Å². The molecule has 4 nitrogen and oxygen atoms in total. The van der Waals surface area contributed by atoms with Gasteiger partial charge in [0, 0.05) is 18.5 Å². The average Bonchev–Trinajstić information content (AvgIpc) is 2.87. The number of imidazole rings is 1. The lowest BCUT2D eigenvalue weighted by Gasteiger charge is -2.38. The number of nitrogens with one attached hydrogen (secondary N) is 2. The van der Waals surface area contributed by atoms with Crippen molar-refractivity contribution in [3.63, 3.8) is 0 Å². The van der Waals surface area contributed by atoms with Gasteiger partial charge in [-0.05, 0) is 48.8 Å². The fourth-order valence-electron chi connectivity index (χ4n) is 4.06. The maximum absolute atomic E-state index is 11.7. The highest BCUT2D eigenvalue weighted by Gasteiger charge is 2.34. The fourth-order valence-corrected chi connectivity index (χ4v) is 4.06. The molecule has 0 aliphatic heterocycles. The molecule has 22 heavy (non-hydrogen) atoms. The summed E-state index contributed by atoms with van der Waals surface area (Å²) in [5, 5.41) is 2.66. The molecule has 3 rings (SSSR count). The van der Waals surface area contributed by atoms with Crippen molar-refractivity contribution in [2.45, 2.75) is 46.0 Å². The third-order valence-electron chi connectivity index (χ3n) is 4.76. The van der Waals surface area contributed by atoms with Gasteiger partial charge in [0.2, 0.25) is 0 Å². The van der Waals surface area contributed by atoms with Crippen LogP contribution in [0.1, 0.15) is 62.1 Å². The van der Waals surface area contributed by atoms with Crippen molar-refractivity contribution in [1.29, 1.82) is 0 Å². The summed E-state index contributed by atoms with van der Waals surface area (Å²) in [6, 6.07) is 5.65. The van der Waals surface area contributed by atoms with E-state index in [4.69, 9.17) is 4.98 Å². The van der Waals surface area contributed by atoms with E-state index in [-0.39, 0.29) is 5.91 Å². The molecule has 2 N–H and O–H groups in total. The molecule has 0 spiro atoms. The Balaban J connectivity index is 1.93. The molecule has 0 saturated heterocycles.